The zero-order chi connectivity index (χ0) is 24.3. The van der Waals surface area contributed by atoms with Crippen molar-refractivity contribution < 1.29 is 19.3 Å². The molecule has 1 heterocycles. The maximum absolute atomic E-state index is 13.6. The number of rotatable bonds is 5. The van der Waals surface area contributed by atoms with Gasteiger partial charge in [0, 0.05) is 32.4 Å². The molecule has 3 aliphatic rings. The number of non-ortho nitro benzene ring substituents is 1. The van der Waals surface area contributed by atoms with Crippen molar-refractivity contribution in [3.05, 3.63) is 74.8 Å². The van der Waals surface area contributed by atoms with E-state index in [9.17, 15) is 24.5 Å². The second kappa shape index (κ2) is 8.73. The first-order chi connectivity index (χ1) is 16.2. The Morgan fingerprint density at radius 1 is 1.03 bits per heavy atom. The molecule has 0 aromatic heterocycles. The molecule has 0 spiro atoms. The van der Waals surface area contributed by atoms with Crippen molar-refractivity contribution in [2.75, 3.05) is 0 Å². The summed E-state index contributed by atoms with van der Waals surface area (Å²) in [6, 6.07) is 12.0. The van der Waals surface area contributed by atoms with E-state index in [1.54, 1.807) is 24.3 Å². The average molecular weight is 612 g/mol. The Hall–Kier alpha value is -2.30. The number of hydrogen-bond donors (Lipinski definition) is 0. The number of nitro groups is 1. The largest absolute Gasteiger partial charge is 0.273 e. The summed E-state index contributed by atoms with van der Waals surface area (Å²) < 4.78 is 0. The molecule has 3 fully saturated rings. The summed E-state index contributed by atoms with van der Waals surface area (Å²) in [6.45, 7) is -0.1000. The van der Waals surface area contributed by atoms with E-state index < -0.39 is 34.5 Å². The van der Waals surface area contributed by atoms with Crippen LogP contribution < -0.4 is 0 Å². The summed E-state index contributed by atoms with van der Waals surface area (Å²) >= 11 is 13.7. The predicted molar refractivity (Wildman–Crippen MR) is 130 cm³/mol. The molecule has 3 amide bonds. The molecule has 2 aliphatic carbocycles. The smallest absolute Gasteiger partial charge is 0.272 e. The van der Waals surface area contributed by atoms with E-state index in [1.807, 2.05) is 0 Å². The lowest BCUT2D eigenvalue weighted by Crippen LogP contribution is -2.50. The molecule has 1 saturated heterocycles. The molecule has 11 heteroatoms. The summed E-state index contributed by atoms with van der Waals surface area (Å²) in [5, 5.41) is 13.5. The van der Waals surface area contributed by atoms with E-state index in [0.29, 0.717) is 10.6 Å². The van der Waals surface area contributed by atoms with Crippen molar-refractivity contribution in [1.29, 1.82) is 0 Å². The number of carbonyl (C=O) groups is 3. The Morgan fingerprint density at radius 3 is 2.12 bits per heavy atom. The van der Waals surface area contributed by atoms with Crippen LogP contribution >= 0.6 is 43.5 Å². The van der Waals surface area contributed by atoms with E-state index in [-0.39, 0.29) is 39.3 Å². The van der Waals surface area contributed by atoms with Gasteiger partial charge in [0.1, 0.15) is 0 Å². The lowest BCUT2D eigenvalue weighted by Gasteiger charge is -2.31. The number of alkyl halides is 2. The summed E-state index contributed by atoms with van der Waals surface area (Å²) in [4.78, 5) is 51.4. The summed E-state index contributed by atoms with van der Waals surface area (Å²) in [5.74, 6) is -2.39. The van der Waals surface area contributed by atoms with Crippen LogP contribution in [-0.4, -0.2) is 42.3 Å². The molecule has 2 bridgehead atoms. The van der Waals surface area contributed by atoms with Crippen LogP contribution in [-0.2, 0) is 16.1 Å². The first-order valence-electron chi connectivity index (χ1n) is 10.7. The van der Waals surface area contributed by atoms with E-state index >= 15 is 0 Å². The maximum atomic E-state index is 13.6. The van der Waals surface area contributed by atoms with Crippen LogP contribution in [0.25, 0.3) is 0 Å². The van der Waals surface area contributed by atoms with E-state index in [0.717, 1.165) is 16.4 Å². The summed E-state index contributed by atoms with van der Waals surface area (Å²) in [6.07, 6.45) is 0.771. The van der Waals surface area contributed by atoms with Crippen LogP contribution in [0.3, 0.4) is 0 Å². The Labute approximate surface area is 216 Å². The fraction of sp³-hybridized carbons (Fsp3) is 0.348. The molecule has 1 aliphatic heterocycles. The first kappa shape index (κ1) is 23.4. The monoisotopic (exact) mass is 609 g/mol. The van der Waals surface area contributed by atoms with E-state index in [2.05, 4.69) is 31.9 Å². The number of hydrogen-bond acceptors (Lipinski definition) is 5. The maximum Gasteiger partial charge on any atom is 0.273 e. The fourth-order valence-corrected chi connectivity index (χ4v) is 7.54. The Morgan fingerprint density at radius 2 is 1.59 bits per heavy atom. The number of halogens is 3. The van der Waals surface area contributed by atoms with Gasteiger partial charge in [-0.1, -0.05) is 61.7 Å². The van der Waals surface area contributed by atoms with E-state index in [4.69, 9.17) is 11.6 Å². The van der Waals surface area contributed by atoms with Gasteiger partial charge in [0.15, 0.2) is 0 Å². The Balaban J connectivity index is 1.53. The zero-order valence-electron chi connectivity index (χ0n) is 17.5. The first-order valence-corrected chi connectivity index (χ1v) is 12.9. The van der Waals surface area contributed by atoms with Crippen LogP contribution in [0.15, 0.2) is 48.5 Å². The molecule has 0 radical (unpaired) electrons. The minimum Gasteiger partial charge on any atom is -0.272 e. The minimum absolute atomic E-state index is 0.00235. The number of fused-ring (bicyclic) bond motifs is 5. The van der Waals surface area contributed by atoms with Crippen LogP contribution in [0.2, 0.25) is 5.02 Å². The number of nitrogens with zero attached hydrogens (tertiary/aromatic N) is 3. The number of nitro benzene ring substituents is 1. The van der Waals surface area contributed by atoms with E-state index in [1.165, 1.54) is 24.3 Å². The van der Waals surface area contributed by atoms with Crippen LogP contribution in [0.5, 0.6) is 0 Å². The highest BCUT2D eigenvalue weighted by molar-refractivity contribution is 9.12. The third-order valence-corrected chi connectivity index (χ3v) is 10.6. The third kappa shape index (κ3) is 3.58. The normalized spacial score (nSPS) is 29.4. The number of imide groups is 1. The van der Waals surface area contributed by atoms with Crippen LogP contribution in [0, 0.1) is 33.8 Å². The van der Waals surface area contributed by atoms with Gasteiger partial charge in [0.2, 0.25) is 0 Å². The molecule has 0 unspecified atom stereocenters. The third-order valence-electron chi connectivity index (χ3n) is 7.04. The quantitative estimate of drug-likeness (QED) is 0.213. The fourth-order valence-electron chi connectivity index (χ4n) is 5.47. The van der Waals surface area contributed by atoms with Gasteiger partial charge in [-0.3, -0.25) is 24.5 Å². The second-order valence-electron chi connectivity index (χ2n) is 8.75. The zero-order valence-corrected chi connectivity index (χ0v) is 21.4. The van der Waals surface area contributed by atoms with Crippen molar-refractivity contribution >= 4 is 66.9 Å². The lowest BCUT2D eigenvalue weighted by molar-refractivity contribution is -0.384. The number of benzene rings is 2. The Bertz CT molecular complexity index is 1180. The molecule has 2 aromatic rings. The van der Waals surface area contributed by atoms with Gasteiger partial charge in [0.05, 0.1) is 23.3 Å². The molecule has 2 saturated carbocycles. The highest BCUT2D eigenvalue weighted by Crippen LogP contribution is 2.60. The topological polar surface area (TPSA) is 101 Å². The van der Waals surface area contributed by atoms with Crippen molar-refractivity contribution in [2.24, 2.45) is 23.7 Å². The SMILES string of the molecule is O=C(c1ccc([N+](=O)[O-])cc1)N(Cc1ccccc1Cl)N1C(=O)[C@@H]2[C@H]3C[C@@H]([C@H](Br)[C@H]3Br)[C@H]2C1=O. The van der Waals surface area contributed by atoms with Gasteiger partial charge in [-0.15, -0.1) is 0 Å². The summed E-state index contributed by atoms with van der Waals surface area (Å²) in [5.41, 5.74) is 0.521. The van der Waals surface area contributed by atoms with Crippen LogP contribution in [0.1, 0.15) is 22.3 Å². The van der Waals surface area contributed by atoms with Gasteiger partial charge in [-0.05, 0) is 42.0 Å². The van der Waals surface area contributed by atoms with Crippen molar-refractivity contribution in [3.63, 3.8) is 0 Å². The predicted octanol–water partition coefficient (Wildman–Crippen LogP) is 4.58. The van der Waals surface area contributed by atoms with Gasteiger partial charge in [0.25, 0.3) is 23.4 Å². The number of amides is 3. The van der Waals surface area contributed by atoms with Crippen molar-refractivity contribution in [3.8, 4) is 0 Å². The molecular formula is C23H18Br2ClN3O5. The number of hydrazine groups is 1. The molecule has 34 heavy (non-hydrogen) atoms. The van der Waals surface area contributed by atoms with Crippen molar-refractivity contribution in [1.82, 2.24) is 10.0 Å². The van der Waals surface area contributed by atoms with Gasteiger partial charge in [-0.2, -0.15) is 5.01 Å². The molecule has 2 aromatic carbocycles. The number of carbonyl (C=O) groups excluding carboxylic acids is 3. The summed E-state index contributed by atoms with van der Waals surface area (Å²) in [7, 11) is 0. The molecule has 6 atom stereocenters. The standard InChI is InChI=1S/C23H18Br2ClN3O5/c24-19-14-9-15(20(19)25)18-17(14)22(31)28(23(18)32)27(10-12-3-1-2-4-16(12)26)21(30)11-5-7-13(8-6-11)29(33)34/h1-8,14-15,17-20H,9-10H2/t14-,15-,17-,18-,19+,20+/m1/s1. The lowest BCUT2D eigenvalue weighted by atomic mass is 9.81. The highest BCUT2D eigenvalue weighted by Gasteiger charge is 2.67. The van der Waals surface area contributed by atoms with Gasteiger partial charge in [-0.25, -0.2) is 5.01 Å². The molecule has 0 N–H and O–H groups in total. The molecule has 8 nitrogen and oxygen atoms in total. The molecule has 176 valence electrons. The minimum atomic E-state index is -0.616. The second-order valence-corrected chi connectivity index (χ2v) is 11.3. The molecule has 5 rings (SSSR count). The van der Waals surface area contributed by atoms with Crippen molar-refractivity contribution in [2.45, 2.75) is 22.6 Å². The Kier molecular flexibility index (Phi) is 6.02. The van der Waals surface area contributed by atoms with Crippen LogP contribution in [0.4, 0.5) is 5.69 Å². The average Bonchev–Trinajstić information content (AvgIpc) is 3.43. The highest BCUT2D eigenvalue weighted by atomic mass is 79.9. The van der Waals surface area contributed by atoms with Gasteiger partial charge >= 0.3 is 0 Å². The van der Waals surface area contributed by atoms with Gasteiger partial charge < -0.3 is 0 Å². The molecular weight excluding hydrogens is 594 g/mol.